The molecule has 0 saturated carbocycles. The first-order valence-electron chi connectivity index (χ1n) is 8.84. The molecule has 0 aliphatic carbocycles. The highest BCUT2D eigenvalue weighted by Gasteiger charge is 2.26. The fraction of sp³-hybridized carbons (Fsp3) is 0.278. The normalized spacial score (nSPS) is 14.3. The van der Waals surface area contributed by atoms with Gasteiger partial charge in [-0.2, -0.15) is 4.98 Å². The number of amides is 1. The van der Waals surface area contributed by atoms with Gasteiger partial charge in [0.25, 0.3) is 10.0 Å². The van der Waals surface area contributed by atoms with E-state index in [2.05, 4.69) is 14.9 Å². The van der Waals surface area contributed by atoms with Crippen molar-refractivity contribution >= 4 is 33.0 Å². The SMILES string of the molecule is Cc1ccc(NS(=O)(=O)c2cc(-c3noc(C(=O)N4CCCC4)n3)cs2)cc1F. The molecule has 3 aromatic rings. The monoisotopic (exact) mass is 436 g/mol. The molecular weight excluding hydrogens is 419 g/mol. The van der Waals surface area contributed by atoms with E-state index in [1.54, 1.807) is 17.2 Å². The van der Waals surface area contributed by atoms with Gasteiger partial charge in [0.2, 0.25) is 5.82 Å². The van der Waals surface area contributed by atoms with E-state index in [4.69, 9.17) is 4.52 Å². The molecule has 3 heterocycles. The zero-order chi connectivity index (χ0) is 20.6. The van der Waals surface area contributed by atoms with Crippen molar-refractivity contribution in [3.8, 4) is 11.4 Å². The Morgan fingerprint density at radius 3 is 2.76 bits per heavy atom. The number of thiophene rings is 1. The summed E-state index contributed by atoms with van der Waals surface area (Å²) in [5.74, 6) is -0.816. The first-order valence-corrected chi connectivity index (χ1v) is 11.2. The topological polar surface area (TPSA) is 105 Å². The van der Waals surface area contributed by atoms with E-state index in [0.29, 0.717) is 24.2 Å². The number of nitrogens with zero attached hydrogens (tertiary/aromatic N) is 3. The molecule has 1 N–H and O–H groups in total. The first-order chi connectivity index (χ1) is 13.8. The van der Waals surface area contributed by atoms with Crippen molar-refractivity contribution in [3.63, 3.8) is 0 Å². The van der Waals surface area contributed by atoms with Crippen LogP contribution in [0.4, 0.5) is 10.1 Å². The van der Waals surface area contributed by atoms with E-state index in [0.717, 1.165) is 30.2 Å². The van der Waals surface area contributed by atoms with Gasteiger partial charge >= 0.3 is 11.8 Å². The average molecular weight is 436 g/mol. The Labute approximate surface area is 170 Å². The Balaban J connectivity index is 1.53. The minimum atomic E-state index is -3.91. The number of sulfonamides is 1. The van der Waals surface area contributed by atoms with Crippen LogP contribution < -0.4 is 4.72 Å². The summed E-state index contributed by atoms with van der Waals surface area (Å²) >= 11 is 0.960. The average Bonchev–Trinajstić information content (AvgIpc) is 3.44. The third-order valence-electron chi connectivity index (χ3n) is 4.52. The van der Waals surface area contributed by atoms with Crippen LogP contribution in [0.25, 0.3) is 11.4 Å². The molecule has 0 unspecified atom stereocenters. The van der Waals surface area contributed by atoms with Crippen LogP contribution in [-0.4, -0.2) is 42.5 Å². The van der Waals surface area contributed by atoms with Gasteiger partial charge in [0, 0.05) is 24.0 Å². The molecule has 1 amide bonds. The molecule has 1 fully saturated rings. The molecule has 0 atom stereocenters. The van der Waals surface area contributed by atoms with Crippen LogP contribution in [0.3, 0.4) is 0 Å². The minimum absolute atomic E-state index is 0.00528. The quantitative estimate of drug-likeness (QED) is 0.658. The molecule has 0 spiro atoms. The molecule has 4 rings (SSSR count). The highest BCUT2D eigenvalue weighted by Crippen LogP contribution is 2.29. The van der Waals surface area contributed by atoms with Gasteiger partial charge in [0.1, 0.15) is 10.0 Å². The summed E-state index contributed by atoms with van der Waals surface area (Å²) in [7, 11) is -3.91. The molecule has 1 aromatic carbocycles. The number of nitrogens with one attached hydrogen (secondary N) is 1. The molecule has 0 radical (unpaired) electrons. The maximum Gasteiger partial charge on any atom is 0.316 e. The summed E-state index contributed by atoms with van der Waals surface area (Å²) < 4.78 is 46.2. The van der Waals surface area contributed by atoms with Gasteiger partial charge in [-0.1, -0.05) is 11.2 Å². The number of hydrogen-bond acceptors (Lipinski definition) is 7. The second kappa shape index (κ2) is 7.56. The van der Waals surface area contributed by atoms with E-state index in [1.807, 2.05) is 0 Å². The lowest BCUT2D eigenvalue weighted by Crippen LogP contribution is -2.27. The number of likely N-dealkylation sites (tertiary alicyclic amines) is 1. The van der Waals surface area contributed by atoms with Crippen LogP contribution in [0.2, 0.25) is 0 Å². The lowest BCUT2D eigenvalue weighted by molar-refractivity contribution is 0.0743. The molecule has 1 saturated heterocycles. The van der Waals surface area contributed by atoms with Gasteiger partial charge in [-0.25, -0.2) is 12.8 Å². The maximum atomic E-state index is 13.7. The second-order valence-electron chi connectivity index (χ2n) is 6.65. The summed E-state index contributed by atoms with van der Waals surface area (Å²) in [5.41, 5.74) is 0.957. The van der Waals surface area contributed by atoms with Gasteiger partial charge in [-0.15, -0.1) is 11.3 Å². The zero-order valence-corrected chi connectivity index (χ0v) is 17.0. The molecule has 1 aliphatic heterocycles. The lowest BCUT2D eigenvalue weighted by atomic mass is 10.2. The Morgan fingerprint density at radius 1 is 1.28 bits per heavy atom. The summed E-state index contributed by atoms with van der Waals surface area (Å²) in [4.78, 5) is 18.0. The zero-order valence-electron chi connectivity index (χ0n) is 15.4. The lowest BCUT2D eigenvalue weighted by Gasteiger charge is -2.10. The number of benzene rings is 1. The van der Waals surface area contributed by atoms with Crippen LogP contribution in [-0.2, 0) is 10.0 Å². The van der Waals surface area contributed by atoms with Crippen LogP contribution >= 0.6 is 11.3 Å². The molecule has 2 aromatic heterocycles. The molecular formula is C18H17FN4O4S2. The molecule has 1 aliphatic rings. The van der Waals surface area contributed by atoms with Crippen LogP contribution in [0.5, 0.6) is 0 Å². The fourth-order valence-corrected chi connectivity index (χ4v) is 5.13. The number of carbonyl (C=O) groups excluding carboxylic acids is 1. The number of anilines is 1. The van der Waals surface area contributed by atoms with Crippen molar-refractivity contribution in [1.82, 2.24) is 15.0 Å². The van der Waals surface area contributed by atoms with Gasteiger partial charge in [0.05, 0.1) is 5.69 Å². The largest absolute Gasteiger partial charge is 0.334 e. The molecule has 11 heteroatoms. The first kappa shape index (κ1) is 19.5. The minimum Gasteiger partial charge on any atom is -0.334 e. The van der Waals surface area contributed by atoms with E-state index in [-0.39, 0.29) is 27.5 Å². The number of halogens is 1. The highest BCUT2D eigenvalue weighted by atomic mass is 32.2. The number of carbonyl (C=O) groups is 1. The van der Waals surface area contributed by atoms with E-state index >= 15 is 0 Å². The summed E-state index contributed by atoms with van der Waals surface area (Å²) in [5, 5.41) is 5.34. The number of rotatable bonds is 5. The summed E-state index contributed by atoms with van der Waals surface area (Å²) in [6.07, 6.45) is 1.88. The van der Waals surface area contributed by atoms with Gasteiger partial charge in [0.15, 0.2) is 0 Å². The van der Waals surface area contributed by atoms with Crippen molar-refractivity contribution in [2.75, 3.05) is 17.8 Å². The molecule has 152 valence electrons. The molecule has 0 bridgehead atoms. The van der Waals surface area contributed by atoms with Crippen LogP contribution in [0, 0.1) is 12.7 Å². The Kier molecular flexibility index (Phi) is 5.09. The van der Waals surface area contributed by atoms with Crippen molar-refractivity contribution < 1.29 is 22.1 Å². The summed E-state index contributed by atoms with van der Waals surface area (Å²) in [6, 6.07) is 5.48. The van der Waals surface area contributed by atoms with Crippen molar-refractivity contribution in [2.24, 2.45) is 0 Å². The number of aromatic nitrogens is 2. The fourth-order valence-electron chi connectivity index (χ4n) is 2.92. The van der Waals surface area contributed by atoms with Gasteiger partial charge in [-0.05, 0) is 43.5 Å². The third-order valence-corrected chi connectivity index (χ3v) is 7.35. The number of aryl methyl sites for hydroxylation is 1. The Bertz CT molecular complexity index is 1170. The van der Waals surface area contributed by atoms with Crippen LogP contribution in [0.15, 0.2) is 38.4 Å². The standard InChI is InChI=1S/C18H17FN4O4S2/c1-11-4-5-13(9-14(11)19)22-29(25,26)15-8-12(10-28-15)16-20-17(27-21-16)18(24)23-6-2-3-7-23/h4-5,8-10,22H,2-3,6-7H2,1H3. The van der Waals surface area contributed by atoms with E-state index in [1.165, 1.54) is 18.2 Å². The summed E-state index contributed by atoms with van der Waals surface area (Å²) in [6.45, 7) is 2.90. The van der Waals surface area contributed by atoms with Gasteiger partial charge < -0.3 is 9.42 Å². The Morgan fingerprint density at radius 2 is 2.03 bits per heavy atom. The van der Waals surface area contributed by atoms with Crippen LogP contribution in [0.1, 0.15) is 29.1 Å². The highest BCUT2D eigenvalue weighted by molar-refractivity contribution is 7.94. The maximum absolute atomic E-state index is 13.7. The number of hydrogen-bond donors (Lipinski definition) is 1. The molecule has 29 heavy (non-hydrogen) atoms. The van der Waals surface area contributed by atoms with Crippen molar-refractivity contribution in [1.29, 1.82) is 0 Å². The smallest absolute Gasteiger partial charge is 0.316 e. The van der Waals surface area contributed by atoms with Crippen molar-refractivity contribution in [3.05, 3.63) is 46.9 Å². The van der Waals surface area contributed by atoms with E-state index < -0.39 is 15.8 Å². The second-order valence-corrected chi connectivity index (χ2v) is 9.47. The van der Waals surface area contributed by atoms with E-state index in [9.17, 15) is 17.6 Å². The van der Waals surface area contributed by atoms with Crippen molar-refractivity contribution in [2.45, 2.75) is 24.0 Å². The Hall–Kier alpha value is -2.79. The predicted molar refractivity (Wildman–Crippen MR) is 105 cm³/mol. The van der Waals surface area contributed by atoms with Gasteiger partial charge in [-0.3, -0.25) is 9.52 Å². The third kappa shape index (κ3) is 4.01. The predicted octanol–water partition coefficient (Wildman–Crippen LogP) is 3.28. The molecule has 8 nitrogen and oxygen atoms in total.